The van der Waals surface area contributed by atoms with E-state index in [1.165, 1.54) is 39.4 Å². The molecule has 0 atom stereocenters. The fraction of sp³-hybridized carbons (Fsp3) is 0.579. The van der Waals surface area contributed by atoms with E-state index in [1.807, 2.05) is 0 Å². The van der Waals surface area contributed by atoms with Gasteiger partial charge in [0.1, 0.15) is 0 Å². The Kier molecular flexibility index (Phi) is 3.49. The Hall–Kier alpha value is -1.97. The zero-order chi connectivity index (χ0) is 18.9. The summed E-state index contributed by atoms with van der Waals surface area (Å²) in [5.41, 5.74) is 6.85. The van der Waals surface area contributed by atoms with E-state index in [4.69, 9.17) is 0 Å². The second-order valence-electron chi connectivity index (χ2n) is 8.71. The van der Waals surface area contributed by atoms with Crippen LogP contribution in [0, 0.1) is 5.41 Å². The van der Waals surface area contributed by atoms with E-state index in [0.717, 1.165) is 44.5 Å². The second kappa shape index (κ2) is 5.77. The van der Waals surface area contributed by atoms with E-state index in [9.17, 15) is 8.42 Å². The van der Waals surface area contributed by atoms with Gasteiger partial charge in [0.05, 0.1) is 0 Å². The van der Waals surface area contributed by atoms with Gasteiger partial charge in [-0.2, -0.15) is 4.31 Å². The minimum atomic E-state index is -3.61. The molecule has 2 saturated heterocycles. The first kappa shape index (κ1) is 16.9. The molecule has 2 aliphatic heterocycles. The average Bonchev–Trinajstić information content (AvgIpc) is 3.31. The third-order valence-electron chi connectivity index (χ3n) is 6.79. The molecule has 2 aliphatic carbocycles. The highest BCUT2D eigenvalue weighted by Gasteiger charge is 2.52. The fourth-order valence-electron chi connectivity index (χ4n) is 5.20. The van der Waals surface area contributed by atoms with E-state index >= 15 is 0 Å². The minimum Gasteiger partial charge on any atom is -0.324 e. The van der Waals surface area contributed by atoms with Crippen LogP contribution in [-0.4, -0.2) is 54.1 Å². The number of rotatable bonds is 4. The van der Waals surface area contributed by atoms with E-state index in [-0.39, 0.29) is 10.6 Å². The Morgan fingerprint density at radius 2 is 1.68 bits per heavy atom. The third-order valence-corrected chi connectivity index (χ3v) is 8.40. The molecule has 8 nitrogen and oxygen atoms in total. The smallest absolute Gasteiger partial charge is 0.278 e. The average molecular weight is 401 g/mol. The molecule has 1 aromatic carbocycles. The molecule has 0 radical (unpaired) electrons. The van der Waals surface area contributed by atoms with Crippen LogP contribution >= 0.6 is 0 Å². The van der Waals surface area contributed by atoms with Crippen molar-refractivity contribution in [3.63, 3.8) is 0 Å². The van der Waals surface area contributed by atoms with Crippen molar-refractivity contribution in [2.75, 3.05) is 31.5 Å². The van der Waals surface area contributed by atoms with E-state index in [1.54, 1.807) is 0 Å². The largest absolute Gasteiger partial charge is 0.324 e. The summed E-state index contributed by atoms with van der Waals surface area (Å²) in [4.78, 5) is 2.92. The lowest BCUT2D eigenvalue weighted by atomic mass is 9.76. The predicted molar refractivity (Wildman–Crippen MR) is 104 cm³/mol. The predicted octanol–water partition coefficient (Wildman–Crippen LogP) is 1.12. The number of nitrogens with one attached hydrogen (secondary N) is 3. The summed E-state index contributed by atoms with van der Waals surface area (Å²) in [6.07, 6.45) is 6.73. The number of fused-ring (bicyclic) bond motifs is 2. The lowest BCUT2D eigenvalue weighted by Crippen LogP contribution is -2.71. The molecule has 2 fully saturated rings. The van der Waals surface area contributed by atoms with Crippen LogP contribution < -0.4 is 10.6 Å². The third kappa shape index (κ3) is 2.39. The molecular formula is C19H24N6O2S. The number of aromatic nitrogens is 3. The standard InChI is InChI=1S/C19H24N6O2S/c26-28(27,25-10-19(11-25)8-20-9-19)18-22-17(23-24-18)21-16-14-5-1-3-12(14)7-13-4-2-6-15(13)16/h7,20H,1-6,8-11H2,(H2,21,22,23,24). The SMILES string of the molecule is O=S(=O)(c1nnc(Nc2c3c(cc4c2CCC4)CCC3)[nH]1)N1CC2(CNC2)C1. The van der Waals surface area contributed by atoms with Crippen LogP contribution in [-0.2, 0) is 35.7 Å². The Morgan fingerprint density at radius 3 is 2.29 bits per heavy atom. The van der Waals surface area contributed by atoms with Crippen molar-refractivity contribution in [3.05, 3.63) is 28.3 Å². The molecule has 1 aromatic heterocycles. The second-order valence-corrected chi connectivity index (χ2v) is 10.6. The number of hydrogen-bond acceptors (Lipinski definition) is 6. The molecule has 3 heterocycles. The van der Waals surface area contributed by atoms with Gasteiger partial charge in [0.15, 0.2) is 0 Å². The van der Waals surface area contributed by atoms with Gasteiger partial charge in [-0.05, 0) is 60.8 Å². The summed E-state index contributed by atoms with van der Waals surface area (Å²) in [5, 5.41) is 14.6. The molecule has 148 valence electrons. The molecule has 6 rings (SSSR count). The highest BCUT2D eigenvalue weighted by molar-refractivity contribution is 7.89. The number of benzene rings is 1. The highest BCUT2D eigenvalue weighted by atomic mass is 32.2. The first-order chi connectivity index (χ1) is 13.5. The molecule has 0 unspecified atom stereocenters. The maximum Gasteiger partial charge on any atom is 0.278 e. The van der Waals surface area contributed by atoms with Gasteiger partial charge in [0.2, 0.25) is 5.95 Å². The zero-order valence-electron chi connectivity index (χ0n) is 15.7. The van der Waals surface area contributed by atoms with Gasteiger partial charge in [0.25, 0.3) is 15.2 Å². The molecule has 28 heavy (non-hydrogen) atoms. The normalized spacial score (nSPS) is 22.6. The van der Waals surface area contributed by atoms with Gasteiger partial charge < -0.3 is 10.6 Å². The van der Waals surface area contributed by atoms with Gasteiger partial charge >= 0.3 is 0 Å². The van der Waals surface area contributed by atoms with Crippen molar-refractivity contribution in [2.45, 2.75) is 43.7 Å². The van der Waals surface area contributed by atoms with Crippen molar-refractivity contribution in [3.8, 4) is 0 Å². The first-order valence-corrected chi connectivity index (χ1v) is 11.6. The molecular weight excluding hydrogens is 376 g/mol. The lowest BCUT2D eigenvalue weighted by Gasteiger charge is -2.54. The lowest BCUT2D eigenvalue weighted by molar-refractivity contribution is 0.0161. The Balaban J connectivity index is 1.28. The minimum absolute atomic E-state index is 0.0682. The van der Waals surface area contributed by atoms with Crippen molar-refractivity contribution < 1.29 is 8.42 Å². The van der Waals surface area contributed by atoms with Crippen LogP contribution in [0.5, 0.6) is 0 Å². The van der Waals surface area contributed by atoms with Gasteiger partial charge in [-0.15, -0.1) is 10.2 Å². The van der Waals surface area contributed by atoms with Gasteiger partial charge in [-0.1, -0.05) is 6.07 Å². The number of aromatic amines is 1. The van der Waals surface area contributed by atoms with Crippen LogP contribution in [0.3, 0.4) is 0 Å². The first-order valence-electron chi connectivity index (χ1n) is 10.1. The highest BCUT2D eigenvalue weighted by Crippen LogP contribution is 2.40. The van der Waals surface area contributed by atoms with E-state index < -0.39 is 10.0 Å². The molecule has 0 amide bonds. The van der Waals surface area contributed by atoms with Gasteiger partial charge in [-0.3, -0.25) is 4.98 Å². The topological polar surface area (TPSA) is 103 Å². The van der Waals surface area contributed by atoms with Crippen molar-refractivity contribution in [1.82, 2.24) is 24.8 Å². The fourth-order valence-corrected chi connectivity index (χ4v) is 6.70. The molecule has 2 aromatic rings. The van der Waals surface area contributed by atoms with Crippen LogP contribution in [0.2, 0.25) is 0 Å². The summed E-state index contributed by atoms with van der Waals surface area (Å²) in [6, 6.07) is 2.38. The monoisotopic (exact) mass is 400 g/mol. The van der Waals surface area contributed by atoms with E-state index in [0.29, 0.717) is 19.0 Å². The van der Waals surface area contributed by atoms with Crippen LogP contribution in [0.25, 0.3) is 0 Å². The van der Waals surface area contributed by atoms with Gasteiger partial charge in [-0.25, -0.2) is 8.42 Å². The summed E-state index contributed by atoms with van der Waals surface area (Å²) >= 11 is 0. The number of H-pyrrole nitrogens is 1. The van der Waals surface area contributed by atoms with Crippen LogP contribution in [0.15, 0.2) is 11.2 Å². The maximum absolute atomic E-state index is 12.8. The molecule has 0 saturated carbocycles. The summed E-state index contributed by atoms with van der Waals surface area (Å²) in [6.45, 7) is 2.91. The number of nitrogens with zero attached hydrogens (tertiary/aromatic N) is 3. The molecule has 1 spiro atoms. The number of aryl methyl sites for hydroxylation is 2. The Labute approximate surface area is 164 Å². The Morgan fingerprint density at radius 1 is 1.00 bits per heavy atom. The number of anilines is 2. The van der Waals surface area contributed by atoms with Crippen molar-refractivity contribution >= 4 is 21.7 Å². The summed E-state index contributed by atoms with van der Waals surface area (Å²) < 4.78 is 27.1. The number of sulfonamides is 1. The van der Waals surface area contributed by atoms with Crippen LogP contribution in [0.4, 0.5) is 11.6 Å². The maximum atomic E-state index is 12.8. The van der Waals surface area contributed by atoms with Crippen molar-refractivity contribution in [2.24, 2.45) is 5.41 Å². The van der Waals surface area contributed by atoms with Crippen molar-refractivity contribution in [1.29, 1.82) is 0 Å². The summed E-state index contributed by atoms with van der Waals surface area (Å²) in [5.74, 6) is 0.411. The zero-order valence-corrected chi connectivity index (χ0v) is 16.5. The molecule has 9 heteroatoms. The van der Waals surface area contributed by atoms with E-state index in [2.05, 4.69) is 31.9 Å². The molecule has 3 N–H and O–H groups in total. The molecule has 4 aliphatic rings. The molecule has 0 bridgehead atoms. The van der Waals surface area contributed by atoms with Gasteiger partial charge in [0, 0.05) is 37.3 Å². The quantitative estimate of drug-likeness (QED) is 0.711. The summed E-state index contributed by atoms with van der Waals surface area (Å²) in [7, 11) is -3.61. The Bertz CT molecular complexity index is 1030. The van der Waals surface area contributed by atoms with Crippen LogP contribution in [0.1, 0.15) is 35.1 Å². The number of hydrogen-bond donors (Lipinski definition) is 3.